The third kappa shape index (κ3) is 2.50. The van der Waals surface area contributed by atoms with Gasteiger partial charge in [0, 0.05) is 0 Å². The van der Waals surface area contributed by atoms with E-state index in [9.17, 15) is 4.39 Å². The number of nitrogens with zero attached hydrogens (tertiary/aromatic N) is 1. The Bertz CT molecular complexity index is 501. The Morgan fingerprint density at radius 1 is 1.21 bits per heavy atom. The number of rotatable bonds is 2. The normalized spacial score (nSPS) is 21.2. The average Bonchev–Trinajstić information content (AvgIpc) is 2.51. The highest BCUT2D eigenvalue weighted by Crippen LogP contribution is 2.36. The van der Waals surface area contributed by atoms with E-state index in [1.165, 1.54) is 18.3 Å². The zero-order valence-corrected chi connectivity index (χ0v) is 11.6. The predicted molar refractivity (Wildman–Crippen MR) is 73.9 cm³/mol. The van der Waals surface area contributed by atoms with Gasteiger partial charge in [-0.2, -0.15) is 5.10 Å². The number of nitrogens with two attached hydrogens (primary N) is 1. The fraction of sp³-hybridized carbons (Fsp3) is 0.462. The fourth-order valence-electron chi connectivity index (χ4n) is 1.92. The molecule has 1 saturated heterocycles. The maximum atomic E-state index is 13.4. The van der Waals surface area contributed by atoms with Gasteiger partial charge in [-0.15, -0.1) is 0 Å². The summed E-state index contributed by atoms with van der Waals surface area (Å²) in [7, 11) is -0.631. The molecule has 0 bridgehead atoms. The van der Waals surface area contributed by atoms with Gasteiger partial charge in [0.2, 0.25) is 0 Å². The van der Waals surface area contributed by atoms with Crippen LogP contribution in [-0.4, -0.2) is 24.5 Å². The van der Waals surface area contributed by atoms with Crippen molar-refractivity contribution >= 4 is 18.8 Å². The predicted octanol–water partition coefficient (Wildman–Crippen LogP) is 1.42. The molecule has 1 aliphatic rings. The van der Waals surface area contributed by atoms with Crippen LogP contribution < -0.4 is 11.3 Å². The molecule has 0 amide bonds. The molecule has 1 fully saturated rings. The van der Waals surface area contributed by atoms with E-state index in [0.717, 1.165) is 0 Å². The second-order valence-corrected chi connectivity index (χ2v) is 5.64. The molecular weight excluding hydrogens is 246 g/mol. The first-order valence-corrected chi connectivity index (χ1v) is 6.15. The highest BCUT2D eigenvalue weighted by molar-refractivity contribution is 6.63. The lowest BCUT2D eigenvalue weighted by molar-refractivity contribution is 0.00578. The maximum absolute atomic E-state index is 13.4. The summed E-state index contributed by atoms with van der Waals surface area (Å²) in [5, 5.41) is 3.48. The lowest BCUT2D eigenvalue weighted by Gasteiger charge is -2.32. The second kappa shape index (κ2) is 4.61. The number of halogens is 1. The molecule has 0 saturated carbocycles. The van der Waals surface area contributed by atoms with E-state index in [4.69, 9.17) is 15.2 Å². The lowest BCUT2D eigenvalue weighted by atomic mass is 9.76. The molecule has 102 valence electrons. The van der Waals surface area contributed by atoms with Gasteiger partial charge in [-0.05, 0) is 50.9 Å². The van der Waals surface area contributed by atoms with Gasteiger partial charge in [0.05, 0.1) is 17.4 Å². The molecule has 2 rings (SSSR count). The summed E-state index contributed by atoms with van der Waals surface area (Å²) in [5.74, 6) is 4.82. The van der Waals surface area contributed by atoms with Crippen LogP contribution in [0.1, 0.15) is 33.3 Å². The Kier molecular flexibility index (Phi) is 3.41. The molecule has 2 N–H and O–H groups in total. The topological polar surface area (TPSA) is 56.8 Å². The standard InChI is InChI=1S/C13H18BFN2O2/c1-12(2)13(3,4)19-14(18-12)11-7-10(15)6-5-9(11)8-17-16/h5-8H,16H2,1-4H3. The summed E-state index contributed by atoms with van der Waals surface area (Å²) >= 11 is 0. The molecular formula is C13H18BFN2O2. The molecule has 0 spiro atoms. The number of hydrogen-bond acceptors (Lipinski definition) is 4. The molecule has 4 nitrogen and oxygen atoms in total. The summed E-state index contributed by atoms with van der Waals surface area (Å²) in [6, 6.07) is 4.34. The zero-order chi connectivity index (χ0) is 14.3. The number of hydrazone groups is 1. The van der Waals surface area contributed by atoms with Crippen molar-refractivity contribution in [3.8, 4) is 0 Å². The second-order valence-electron chi connectivity index (χ2n) is 5.64. The minimum Gasteiger partial charge on any atom is -0.399 e. The Morgan fingerprint density at radius 3 is 2.32 bits per heavy atom. The molecule has 0 aromatic heterocycles. The molecule has 0 aliphatic carbocycles. The molecule has 6 heteroatoms. The van der Waals surface area contributed by atoms with E-state index >= 15 is 0 Å². The van der Waals surface area contributed by atoms with Crippen LogP contribution in [0.3, 0.4) is 0 Å². The molecule has 1 aliphatic heterocycles. The first-order valence-electron chi connectivity index (χ1n) is 6.15. The summed E-state index contributed by atoms with van der Waals surface area (Å²) in [6.07, 6.45) is 1.46. The first-order chi connectivity index (χ1) is 8.77. The molecule has 19 heavy (non-hydrogen) atoms. The minimum absolute atomic E-state index is 0.348. The van der Waals surface area contributed by atoms with Crippen molar-refractivity contribution in [1.29, 1.82) is 0 Å². The number of benzene rings is 1. The van der Waals surface area contributed by atoms with Crippen molar-refractivity contribution in [2.75, 3.05) is 0 Å². The van der Waals surface area contributed by atoms with Crippen molar-refractivity contribution in [3.63, 3.8) is 0 Å². The van der Waals surface area contributed by atoms with Gasteiger partial charge >= 0.3 is 7.12 Å². The van der Waals surface area contributed by atoms with Gasteiger partial charge in [-0.25, -0.2) is 4.39 Å². The van der Waals surface area contributed by atoms with Crippen LogP contribution in [0.15, 0.2) is 23.3 Å². The van der Waals surface area contributed by atoms with E-state index < -0.39 is 18.3 Å². The smallest absolute Gasteiger partial charge is 0.399 e. The molecule has 0 unspecified atom stereocenters. The zero-order valence-electron chi connectivity index (χ0n) is 11.6. The van der Waals surface area contributed by atoms with Gasteiger partial charge in [0.15, 0.2) is 0 Å². The molecule has 1 heterocycles. The lowest BCUT2D eigenvalue weighted by Crippen LogP contribution is -2.41. The Labute approximate surface area is 112 Å². The van der Waals surface area contributed by atoms with Crippen LogP contribution in [-0.2, 0) is 9.31 Å². The molecule has 1 aromatic rings. The largest absolute Gasteiger partial charge is 0.495 e. The average molecular weight is 264 g/mol. The van der Waals surface area contributed by atoms with E-state index in [0.29, 0.717) is 11.0 Å². The van der Waals surface area contributed by atoms with Gasteiger partial charge in [-0.3, -0.25) is 0 Å². The Hall–Kier alpha value is -1.40. The van der Waals surface area contributed by atoms with Gasteiger partial charge in [0.1, 0.15) is 5.82 Å². The molecule has 0 atom stereocenters. The van der Waals surface area contributed by atoms with Gasteiger partial charge < -0.3 is 15.2 Å². The highest BCUT2D eigenvalue weighted by Gasteiger charge is 2.52. The number of hydrogen-bond donors (Lipinski definition) is 1. The van der Waals surface area contributed by atoms with E-state index in [-0.39, 0.29) is 5.82 Å². The van der Waals surface area contributed by atoms with E-state index in [1.54, 1.807) is 6.07 Å². The summed E-state index contributed by atoms with van der Waals surface area (Å²) in [5.41, 5.74) is 0.331. The van der Waals surface area contributed by atoms with Crippen molar-refractivity contribution in [3.05, 3.63) is 29.6 Å². The van der Waals surface area contributed by atoms with Gasteiger partial charge in [0.25, 0.3) is 0 Å². The van der Waals surface area contributed by atoms with Crippen LogP contribution in [0.5, 0.6) is 0 Å². The minimum atomic E-state index is -0.631. The first kappa shape index (κ1) is 14.0. The van der Waals surface area contributed by atoms with Crippen molar-refractivity contribution in [1.82, 2.24) is 0 Å². The Balaban J connectivity index is 2.41. The van der Waals surface area contributed by atoms with E-state index in [1.807, 2.05) is 27.7 Å². The molecule has 0 radical (unpaired) electrons. The highest BCUT2D eigenvalue weighted by atomic mass is 19.1. The van der Waals surface area contributed by atoms with Crippen LogP contribution in [0, 0.1) is 5.82 Å². The maximum Gasteiger partial charge on any atom is 0.495 e. The van der Waals surface area contributed by atoms with Crippen LogP contribution in [0.4, 0.5) is 4.39 Å². The summed E-state index contributed by atoms with van der Waals surface area (Å²) < 4.78 is 25.2. The fourth-order valence-corrected chi connectivity index (χ4v) is 1.92. The third-order valence-electron chi connectivity index (χ3n) is 3.77. The van der Waals surface area contributed by atoms with Crippen LogP contribution >= 0.6 is 0 Å². The summed E-state index contributed by atoms with van der Waals surface area (Å²) in [6.45, 7) is 7.79. The van der Waals surface area contributed by atoms with Crippen LogP contribution in [0.25, 0.3) is 0 Å². The monoisotopic (exact) mass is 264 g/mol. The third-order valence-corrected chi connectivity index (χ3v) is 3.77. The van der Waals surface area contributed by atoms with Crippen molar-refractivity contribution in [2.24, 2.45) is 10.9 Å². The van der Waals surface area contributed by atoms with Crippen molar-refractivity contribution in [2.45, 2.75) is 38.9 Å². The SMILES string of the molecule is CC1(C)OB(c2cc(F)ccc2C=NN)OC1(C)C. The van der Waals surface area contributed by atoms with Crippen LogP contribution in [0.2, 0.25) is 0 Å². The quantitative estimate of drug-likeness (QED) is 0.380. The van der Waals surface area contributed by atoms with Crippen molar-refractivity contribution < 1.29 is 13.7 Å². The Morgan fingerprint density at radius 2 is 1.79 bits per heavy atom. The molecule has 1 aromatic carbocycles. The van der Waals surface area contributed by atoms with Gasteiger partial charge in [-0.1, -0.05) is 6.07 Å². The van der Waals surface area contributed by atoms with E-state index in [2.05, 4.69) is 5.10 Å². The summed E-state index contributed by atoms with van der Waals surface area (Å²) in [4.78, 5) is 0.